The smallest absolute Gasteiger partial charge is 0.229 e. The number of aromatic nitrogens is 2. The monoisotopic (exact) mass is 349 g/mol. The number of rotatable bonds is 10. The van der Waals surface area contributed by atoms with Gasteiger partial charge in [0.1, 0.15) is 5.01 Å². The van der Waals surface area contributed by atoms with Crippen molar-refractivity contribution in [3.63, 3.8) is 0 Å². The minimum atomic E-state index is -0.138. The Morgan fingerprint density at radius 2 is 2.00 bits per heavy atom. The van der Waals surface area contributed by atoms with Crippen LogP contribution in [-0.4, -0.2) is 29.8 Å². The van der Waals surface area contributed by atoms with Crippen LogP contribution in [0.5, 0.6) is 11.5 Å². The maximum absolute atomic E-state index is 11.9. The van der Waals surface area contributed by atoms with Gasteiger partial charge in [0, 0.05) is 6.42 Å². The first kappa shape index (κ1) is 18.2. The molecular weight excluding hydrogens is 326 g/mol. The molecule has 0 aliphatic heterocycles. The van der Waals surface area contributed by atoms with E-state index in [1.807, 2.05) is 24.3 Å². The zero-order chi connectivity index (χ0) is 17.2. The molecular formula is C17H23N3O3S. The van der Waals surface area contributed by atoms with Crippen molar-refractivity contribution in [2.45, 2.75) is 39.0 Å². The number of unbranched alkanes of at least 4 members (excludes halogenated alkanes) is 2. The van der Waals surface area contributed by atoms with Crippen molar-refractivity contribution < 1.29 is 14.3 Å². The van der Waals surface area contributed by atoms with E-state index in [1.54, 1.807) is 7.11 Å². The molecule has 0 aliphatic rings. The SMILES string of the molecule is CCCCCc1nnc(NC(=O)CCOc2ccccc2OC)s1. The second kappa shape index (κ2) is 9.87. The molecule has 2 aromatic rings. The van der Waals surface area contributed by atoms with E-state index in [9.17, 15) is 4.79 Å². The second-order valence-corrected chi connectivity index (χ2v) is 6.32. The van der Waals surface area contributed by atoms with Crippen LogP contribution in [0, 0.1) is 0 Å². The number of hydrogen-bond donors (Lipinski definition) is 1. The Morgan fingerprint density at radius 3 is 2.75 bits per heavy atom. The zero-order valence-electron chi connectivity index (χ0n) is 14.1. The predicted molar refractivity (Wildman–Crippen MR) is 94.9 cm³/mol. The Hall–Kier alpha value is -2.15. The molecule has 0 unspecified atom stereocenters. The van der Waals surface area contributed by atoms with Crippen LogP contribution < -0.4 is 14.8 Å². The molecule has 0 spiro atoms. The van der Waals surface area contributed by atoms with Crippen LogP contribution in [-0.2, 0) is 11.2 Å². The van der Waals surface area contributed by atoms with E-state index >= 15 is 0 Å². The number of methoxy groups -OCH3 is 1. The number of benzene rings is 1. The largest absolute Gasteiger partial charge is 0.493 e. The summed E-state index contributed by atoms with van der Waals surface area (Å²) >= 11 is 1.43. The summed E-state index contributed by atoms with van der Waals surface area (Å²) in [5.41, 5.74) is 0. The minimum Gasteiger partial charge on any atom is -0.493 e. The van der Waals surface area contributed by atoms with Crippen molar-refractivity contribution in [3.05, 3.63) is 29.3 Å². The molecule has 2 rings (SSSR count). The van der Waals surface area contributed by atoms with Gasteiger partial charge in [-0.15, -0.1) is 10.2 Å². The average Bonchev–Trinajstić information content (AvgIpc) is 3.03. The molecule has 0 fully saturated rings. The van der Waals surface area contributed by atoms with Crippen molar-refractivity contribution in [3.8, 4) is 11.5 Å². The van der Waals surface area contributed by atoms with Crippen LogP contribution in [0.1, 0.15) is 37.6 Å². The molecule has 1 N–H and O–H groups in total. The molecule has 1 aromatic carbocycles. The number of para-hydroxylation sites is 2. The third-order valence-electron chi connectivity index (χ3n) is 3.36. The number of nitrogens with zero attached hydrogens (tertiary/aromatic N) is 2. The van der Waals surface area contributed by atoms with Crippen LogP contribution in [0.3, 0.4) is 0 Å². The number of anilines is 1. The van der Waals surface area contributed by atoms with Crippen LogP contribution in [0.25, 0.3) is 0 Å². The average molecular weight is 349 g/mol. The molecule has 6 nitrogen and oxygen atoms in total. The summed E-state index contributed by atoms with van der Waals surface area (Å²) in [6, 6.07) is 7.35. The molecule has 1 heterocycles. The van der Waals surface area contributed by atoms with Gasteiger partial charge in [-0.25, -0.2) is 0 Å². The fraction of sp³-hybridized carbons (Fsp3) is 0.471. The predicted octanol–water partition coefficient (Wildman–Crippen LogP) is 3.69. The maximum atomic E-state index is 11.9. The lowest BCUT2D eigenvalue weighted by Crippen LogP contribution is -2.15. The Kier molecular flexibility index (Phi) is 7.48. The van der Waals surface area contributed by atoms with Crippen molar-refractivity contribution in [1.82, 2.24) is 10.2 Å². The summed E-state index contributed by atoms with van der Waals surface area (Å²) in [7, 11) is 1.59. The normalized spacial score (nSPS) is 10.4. The van der Waals surface area contributed by atoms with E-state index < -0.39 is 0 Å². The van der Waals surface area contributed by atoms with Gasteiger partial charge in [-0.1, -0.05) is 43.2 Å². The quantitative estimate of drug-likeness (QED) is 0.662. The molecule has 0 saturated carbocycles. The molecule has 1 aromatic heterocycles. The summed E-state index contributed by atoms with van der Waals surface area (Å²) in [6.07, 6.45) is 4.61. The summed E-state index contributed by atoms with van der Waals surface area (Å²) in [5.74, 6) is 1.14. The first-order chi connectivity index (χ1) is 11.7. The van der Waals surface area contributed by atoms with Gasteiger partial charge < -0.3 is 14.8 Å². The fourth-order valence-electron chi connectivity index (χ4n) is 2.10. The number of hydrogen-bond acceptors (Lipinski definition) is 6. The summed E-state index contributed by atoms with van der Waals surface area (Å²) < 4.78 is 10.8. The van der Waals surface area contributed by atoms with E-state index in [1.165, 1.54) is 24.2 Å². The highest BCUT2D eigenvalue weighted by atomic mass is 32.1. The summed E-state index contributed by atoms with van der Waals surface area (Å²) in [5, 5.41) is 12.4. The maximum Gasteiger partial charge on any atom is 0.229 e. The number of amides is 1. The van der Waals surface area contributed by atoms with E-state index in [0.29, 0.717) is 16.6 Å². The van der Waals surface area contributed by atoms with Crippen LogP contribution in [0.15, 0.2) is 24.3 Å². The Morgan fingerprint density at radius 1 is 1.21 bits per heavy atom. The highest BCUT2D eigenvalue weighted by molar-refractivity contribution is 7.15. The van der Waals surface area contributed by atoms with E-state index in [4.69, 9.17) is 9.47 Å². The third-order valence-corrected chi connectivity index (χ3v) is 4.26. The lowest BCUT2D eigenvalue weighted by Gasteiger charge is -2.09. The van der Waals surface area contributed by atoms with E-state index in [2.05, 4.69) is 22.4 Å². The van der Waals surface area contributed by atoms with Gasteiger partial charge in [0.05, 0.1) is 20.1 Å². The highest BCUT2D eigenvalue weighted by Crippen LogP contribution is 2.25. The Balaban J connectivity index is 1.73. The van der Waals surface area contributed by atoms with E-state index in [0.717, 1.165) is 17.8 Å². The number of ether oxygens (including phenoxy) is 2. The lowest BCUT2D eigenvalue weighted by molar-refractivity contribution is -0.116. The van der Waals surface area contributed by atoms with Crippen molar-refractivity contribution in [2.75, 3.05) is 19.0 Å². The van der Waals surface area contributed by atoms with Crippen LogP contribution in [0.2, 0.25) is 0 Å². The van der Waals surface area contributed by atoms with Gasteiger partial charge in [-0.3, -0.25) is 4.79 Å². The first-order valence-electron chi connectivity index (χ1n) is 8.11. The van der Waals surface area contributed by atoms with Gasteiger partial charge in [-0.2, -0.15) is 0 Å². The number of aryl methyl sites for hydroxylation is 1. The first-order valence-corrected chi connectivity index (χ1v) is 8.92. The van der Waals surface area contributed by atoms with Crippen molar-refractivity contribution in [2.24, 2.45) is 0 Å². The molecule has 130 valence electrons. The molecule has 0 aliphatic carbocycles. The number of nitrogens with one attached hydrogen (secondary N) is 1. The zero-order valence-corrected chi connectivity index (χ0v) is 14.9. The highest BCUT2D eigenvalue weighted by Gasteiger charge is 2.09. The third kappa shape index (κ3) is 5.81. The molecule has 24 heavy (non-hydrogen) atoms. The molecule has 0 atom stereocenters. The van der Waals surface area contributed by atoms with Crippen molar-refractivity contribution >= 4 is 22.4 Å². The van der Waals surface area contributed by atoms with Crippen molar-refractivity contribution in [1.29, 1.82) is 0 Å². The standard InChI is InChI=1S/C17H23N3O3S/c1-3-4-5-10-16-19-20-17(24-16)18-15(21)11-12-23-14-9-7-6-8-13(14)22-2/h6-9H,3-5,10-12H2,1-2H3,(H,18,20,21). The molecule has 7 heteroatoms. The van der Waals surface area contributed by atoms with E-state index in [-0.39, 0.29) is 18.9 Å². The minimum absolute atomic E-state index is 0.138. The second-order valence-electron chi connectivity index (χ2n) is 5.26. The molecule has 0 radical (unpaired) electrons. The lowest BCUT2D eigenvalue weighted by atomic mass is 10.2. The molecule has 0 saturated heterocycles. The topological polar surface area (TPSA) is 73.3 Å². The summed E-state index contributed by atoms with van der Waals surface area (Å²) in [4.78, 5) is 11.9. The molecule has 0 bridgehead atoms. The molecule has 1 amide bonds. The van der Waals surface area contributed by atoms with Gasteiger partial charge in [0.25, 0.3) is 0 Å². The van der Waals surface area contributed by atoms with Gasteiger partial charge in [0.2, 0.25) is 11.0 Å². The Bertz CT molecular complexity index is 646. The van der Waals surface area contributed by atoms with Gasteiger partial charge >= 0.3 is 0 Å². The van der Waals surface area contributed by atoms with Gasteiger partial charge in [-0.05, 0) is 18.6 Å². The van der Waals surface area contributed by atoms with Crippen LogP contribution >= 0.6 is 11.3 Å². The Labute approximate surface area is 146 Å². The number of carbonyl (C=O) groups excluding carboxylic acids is 1. The summed E-state index contributed by atoms with van der Waals surface area (Å²) in [6.45, 7) is 2.44. The number of carbonyl (C=O) groups is 1. The van der Waals surface area contributed by atoms with Crippen LogP contribution in [0.4, 0.5) is 5.13 Å². The van der Waals surface area contributed by atoms with Gasteiger partial charge in [0.15, 0.2) is 11.5 Å². The fourth-order valence-corrected chi connectivity index (χ4v) is 2.90.